The molecule has 0 aromatic carbocycles. The summed E-state index contributed by atoms with van der Waals surface area (Å²) in [6.07, 6.45) is 0.440. The first-order valence-corrected chi connectivity index (χ1v) is 7.79. The number of alkyl halides is 3. The molecule has 4 nitrogen and oxygen atoms in total. The highest BCUT2D eigenvalue weighted by atomic mass is 32.2. The second-order valence-corrected chi connectivity index (χ2v) is 6.30. The van der Waals surface area contributed by atoms with E-state index in [9.17, 15) is 21.6 Å². The van der Waals surface area contributed by atoms with Gasteiger partial charge in [-0.1, -0.05) is 6.92 Å². The monoisotopic (exact) mass is 294 g/mol. The van der Waals surface area contributed by atoms with Gasteiger partial charge in [0.2, 0.25) is 10.0 Å². The van der Waals surface area contributed by atoms with E-state index in [1.165, 1.54) is 0 Å². The van der Waals surface area contributed by atoms with Crippen LogP contribution in [0.1, 0.15) is 13.3 Å². The molecular formula is C8H17F3N2O2S2. The third-order valence-electron chi connectivity index (χ3n) is 1.71. The Morgan fingerprint density at radius 1 is 1.24 bits per heavy atom. The third kappa shape index (κ3) is 12.3. The molecule has 0 rings (SSSR count). The lowest BCUT2D eigenvalue weighted by Crippen LogP contribution is -2.30. The van der Waals surface area contributed by atoms with Crippen LogP contribution in [-0.4, -0.2) is 45.1 Å². The van der Waals surface area contributed by atoms with Crippen molar-refractivity contribution in [3.8, 4) is 0 Å². The van der Waals surface area contributed by atoms with Crippen LogP contribution in [0.2, 0.25) is 0 Å². The summed E-state index contributed by atoms with van der Waals surface area (Å²) in [5, 5.41) is 2.96. The number of hydrogen-bond donors (Lipinski definition) is 2. The summed E-state index contributed by atoms with van der Waals surface area (Å²) in [5.41, 5.74) is -4.31. The van der Waals surface area contributed by atoms with Gasteiger partial charge >= 0.3 is 5.51 Å². The van der Waals surface area contributed by atoms with Crippen LogP contribution < -0.4 is 10.0 Å². The van der Waals surface area contributed by atoms with Gasteiger partial charge in [-0.05, 0) is 31.3 Å². The first-order chi connectivity index (χ1) is 7.77. The van der Waals surface area contributed by atoms with Crippen LogP contribution in [-0.2, 0) is 10.0 Å². The molecule has 0 radical (unpaired) electrons. The third-order valence-corrected chi connectivity index (χ3v) is 3.91. The summed E-state index contributed by atoms with van der Waals surface area (Å²) in [6.45, 7) is 3.04. The quantitative estimate of drug-likeness (QED) is 0.627. The zero-order valence-corrected chi connectivity index (χ0v) is 11.1. The predicted octanol–water partition coefficient (Wildman–Crippen LogP) is 1.16. The maximum Gasteiger partial charge on any atom is 0.441 e. The first-order valence-electron chi connectivity index (χ1n) is 5.15. The summed E-state index contributed by atoms with van der Waals surface area (Å²) in [7, 11) is -3.45. The Balaban J connectivity index is 3.65. The van der Waals surface area contributed by atoms with Crippen molar-refractivity contribution in [3.63, 3.8) is 0 Å². The first kappa shape index (κ1) is 17.0. The number of sulfonamides is 1. The lowest BCUT2D eigenvalue weighted by molar-refractivity contribution is -0.0327. The van der Waals surface area contributed by atoms with E-state index < -0.39 is 15.5 Å². The highest BCUT2D eigenvalue weighted by molar-refractivity contribution is 8.00. The van der Waals surface area contributed by atoms with Crippen LogP contribution in [0.15, 0.2) is 0 Å². The van der Waals surface area contributed by atoms with Gasteiger partial charge in [0.15, 0.2) is 0 Å². The molecule has 17 heavy (non-hydrogen) atoms. The average Bonchev–Trinajstić information content (AvgIpc) is 2.18. The Morgan fingerprint density at radius 3 is 2.41 bits per heavy atom. The minimum atomic E-state index is -4.31. The van der Waals surface area contributed by atoms with Crippen LogP contribution in [0.3, 0.4) is 0 Å². The van der Waals surface area contributed by atoms with E-state index in [1.807, 2.05) is 6.92 Å². The molecule has 0 unspecified atom stereocenters. The molecule has 0 aliphatic rings. The summed E-state index contributed by atoms with van der Waals surface area (Å²) in [5.74, 6) is -0.382. The van der Waals surface area contributed by atoms with Gasteiger partial charge < -0.3 is 5.32 Å². The number of hydrogen-bond acceptors (Lipinski definition) is 4. The van der Waals surface area contributed by atoms with Gasteiger partial charge in [0, 0.05) is 12.3 Å². The molecule has 0 bridgehead atoms. The molecule has 0 amide bonds. The van der Waals surface area contributed by atoms with Crippen molar-refractivity contribution in [2.45, 2.75) is 18.9 Å². The highest BCUT2D eigenvalue weighted by Crippen LogP contribution is 2.29. The maximum absolute atomic E-state index is 11.7. The topological polar surface area (TPSA) is 58.2 Å². The molecular weight excluding hydrogens is 277 g/mol. The van der Waals surface area contributed by atoms with E-state index in [4.69, 9.17) is 0 Å². The number of halogens is 3. The van der Waals surface area contributed by atoms with Crippen LogP contribution in [0.5, 0.6) is 0 Å². The normalized spacial score (nSPS) is 12.9. The Bertz CT molecular complexity index is 294. The Kier molecular flexibility index (Phi) is 8.18. The van der Waals surface area contributed by atoms with Gasteiger partial charge in [0.05, 0.1) is 5.75 Å². The van der Waals surface area contributed by atoms with Gasteiger partial charge in [-0.15, -0.1) is 0 Å². The fourth-order valence-electron chi connectivity index (χ4n) is 1.00. The lowest BCUT2D eigenvalue weighted by atomic mass is 10.5. The molecule has 0 atom stereocenters. The van der Waals surface area contributed by atoms with Crippen molar-refractivity contribution in [1.82, 2.24) is 10.0 Å². The molecule has 9 heteroatoms. The smallest absolute Gasteiger partial charge is 0.317 e. The van der Waals surface area contributed by atoms with Crippen LogP contribution in [0, 0.1) is 0 Å². The second-order valence-electron chi connectivity index (χ2n) is 3.21. The summed E-state index contributed by atoms with van der Waals surface area (Å²) >= 11 is -0.233. The SMILES string of the molecule is CCNCCCS(=O)(=O)NCCSC(F)(F)F. The minimum Gasteiger partial charge on any atom is -0.317 e. The predicted molar refractivity (Wildman–Crippen MR) is 63.5 cm³/mol. The summed E-state index contributed by atoms with van der Waals surface area (Å²) < 4.78 is 59.9. The molecule has 0 saturated heterocycles. The molecule has 0 saturated carbocycles. The summed E-state index contributed by atoms with van der Waals surface area (Å²) in [4.78, 5) is 0. The van der Waals surface area contributed by atoms with E-state index in [-0.39, 0.29) is 29.8 Å². The van der Waals surface area contributed by atoms with Gasteiger partial charge in [-0.25, -0.2) is 13.1 Å². The molecule has 0 fully saturated rings. The molecule has 104 valence electrons. The van der Waals surface area contributed by atoms with Gasteiger partial charge in [0.1, 0.15) is 0 Å². The Hall–Kier alpha value is 0.01000. The second kappa shape index (κ2) is 8.17. The largest absolute Gasteiger partial charge is 0.441 e. The van der Waals surface area contributed by atoms with E-state index in [1.54, 1.807) is 0 Å². The molecule has 0 spiro atoms. The van der Waals surface area contributed by atoms with Crippen molar-refractivity contribution < 1.29 is 21.6 Å². The van der Waals surface area contributed by atoms with Crippen molar-refractivity contribution >= 4 is 21.8 Å². The minimum absolute atomic E-state index is 0.0727. The van der Waals surface area contributed by atoms with Crippen molar-refractivity contribution in [1.29, 1.82) is 0 Å². The van der Waals surface area contributed by atoms with E-state index in [2.05, 4.69) is 10.0 Å². The molecule has 0 heterocycles. The van der Waals surface area contributed by atoms with E-state index in [0.717, 1.165) is 6.54 Å². The Morgan fingerprint density at radius 2 is 1.88 bits per heavy atom. The van der Waals surface area contributed by atoms with Crippen LogP contribution >= 0.6 is 11.8 Å². The van der Waals surface area contributed by atoms with Gasteiger partial charge in [-0.2, -0.15) is 13.2 Å². The van der Waals surface area contributed by atoms with Crippen molar-refractivity contribution in [3.05, 3.63) is 0 Å². The zero-order valence-electron chi connectivity index (χ0n) is 9.51. The fourth-order valence-corrected chi connectivity index (χ4v) is 2.65. The highest BCUT2D eigenvalue weighted by Gasteiger charge is 2.27. The number of nitrogens with one attached hydrogen (secondary N) is 2. The Labute approximate surface area is 104 Å². The van der Waals surface area contributed by atoms with Crippen LogP contribution in [0.4, 0.5) is 13.2 Å². The fraction of sp³-hybridized carbons (Fsp3) is 1.00. The molecule has 2 N–H and O–H groups in total. The van der Waals surface area contributed by atoms with Crippen molar-refractivity contribution in [2.24, 2.45) is 0 Å². The van der Waals surface area contributed by atoms with E-state index >= 15 is 0 Å². The standard InChI is InChI=1S/C8H17F3N2O2S2/c1-2-12-4-3-7-17(14,15)13-5-6-16-8(9,10)11/h12-13H,2-7H2,1H3. The lowest BCUT2D eigenvalue weighted by Gasteiger charge is -2.08. The molecule has 0 aliphatic carbocycles. The number of rotatable bonds is 9. The van der Waals surface area contributed by atoms with Gasteiger partial charge in [-0.3, -0.25) is 0 Å². The van der Waals surface area contributed by atoms with Crippen LogP contribution in [0.25, 0.3) is 0 Å². The maximum atomic E-state index is 11.7. The average molecular weight is 294 g/mol. The van der Waals surface area contributed by atoms with Crippen molar-refractivity contribution in [2.75, 3.05) is 31.1 Å². The molecule has 0 aliphatic heterocycles. The van der Waals surface area contributed by atoms with Gasteiger partial charge in [0.25, 0.3) is 0 Å². The molecule has 0 aromatic rings. The summed E-state index contributed by atoms with van der Waals surface area (Å²) in [6, 6.07) is 0. The zero-order chi connectivity index (χ0) is 13.4. The molecule has 0 aromatic heterocycles. The van der Waals surface area contributed by atoms with E-state index in [0.29, 0.717) is 13.0 Å². The number of thioether (sulfide) groups is 1.